The van der Waals surface area contributed by atoms with Crippen LogP contribution in [0, 0.1) is 17.2 Å². The number of carbonyl (C=O) groups excluding carboxylic acids is 1. The maximum atomic E-state index is 12.3. The van der Waals surface area contributed by atoms with Crippen molar-refractivity contribution in [3.8, 4) is 6.07 Å². The van der Waals surface area contributed by atoms with Crippen molar-refractivity contribution in [3.63, 3.8) is 0 Å². The molecule has 1 saturated carbocycles. The Hall–Kier alpha value is -2.16. The fraction of sp³-hybridized carbons (Fsp3) is 0.368. The second-order valence-corrected chi connectivity index (χ2v) is 7.36. The molecule has 1 aliphatic carbocycles. The number of amides is 1. The lowest BCUT2D eigenvalue weighted by atomic mass is 9.98. The summed E-state index contributed by atoms with van der Waals surface area (Å²) in [5.41, 5.74) is 0.377. The van der Waals surface area contributed by atoms with E-state index in [1.54, 1.807) is 11.3 Å². The van der Waals surface area contributed by atoms with Crippen LogP contribution in [0.3, 0.4) is 0 Å². The van der Waals surface area contributed by atoms with E-state index in [9.17, 15) is 10.1 Å². The first-order valence-electron chi connectivity index (χ1n) is 8.16. The predicted octanol–water partition coefficient (Wildman–Crippen LogP) is 3.24. The molecule has 0 spiro atoms. The molecule has 0 radical (unpaired) electrons. The number of thiophene rings is 1. The molecule has 24 heavy (non-hydrogen) atoms. The molecule has 0 saturated heterocycles. The molecule has 4 nitrogen and oxygen atoms in total. The Kier molecular flexibility index (Phi) is 4.98. The van der Waals surface area contributed by atoms with E-state index in [1.807, 2.05) is 36.6 Å². The SMILES string of the molecule is C[C@@](C#N)(NC(=O)CN[C@@H](c1ccccc1)c1cccs1)C1CC1. The molecule has 2 atom stereocenters. The average Bonchev–Trinajstić information content (AvgIpc) is 3.33. The van der Waals surface area contributed by atoms with Crippen LogP contribution < -0.4 is 10.6 Å². The van der Waals surface area contributed by atoms with Crippen molar-refractivity contribution >= 4 is 17.2 Å². The Morgan fingerprint density at radius 1 is 1.33 bits per heavy atom. The van der Waals surface area contributed by atoms with Crippen LogP contribution in [0.4, 0.5) is 0 Å². The summed E-state index contributed by atoms with van der Waals surface area (Å²) < 4.78 is 0. The lowest BCUT2D eigenvalue weighted by Crippen LogP contribution is -2.49. The number of nitrogens with one attached hydrogen (secondary N) is 2. The molecular formula is C19H21N3OS. The first-order valence-corrected chi connectivity index (χ1v) is 9.04. The van der Waals surface area contributed by atoms with Gasteiger partial charge in [-0.15, -0.1) is 11.3 Å². The molecule has 2 N–H and O–H groups in total. The topological polar surface area (TPSA) is 64.9 Å². The first-order chi connectivity index (χ1) is 11.6. The van der Waals surface area contributed by atoms with Crippen molar-refractivity contribution in [2.24, 2.45) is 5.92 Å². The fourth-order valence-corrected chi connectivity index (χ4v) is 3.72. The zero-order chi connectivity index (χ0) is 17.0. The number of benzene rings is 1. The molecular weight excluding hydrogens is 318 g/mol. The summed E-state index contributed by atoms with van der Waals surface area (Å²) >= 11 is 1.66. The second-order valence-electron chi connectivity index (χ2n) is 6.38. The van der Waals surface area contributed by atoms with Gasteiger partial charge in [0, 0.05) is 4.88 Å². The van der Waals surface area contributed by atoms with Crippen LogP contribution in [0.25, 0.3) is 0 Å². The quantitative estimate of drug-likeness (QED) is 0.814. The van der Waals surface area contributed by atoms with E-state index in [-0.39, 0.29) is 24.4 Å². The zero-order valence-corrected chi connectivity index (χ0v) is 14.5. The van der Waals surface area contributed by atoms with Gasteiger partial charge in [-0.1, -0.05) is 36.4 Å². The molecule has 1 fully saturated rings. The molecule has 0 aliphatic heterocycles. The summed E-state index contributed by atoms with van der Waals surface area (Å²) in [6.07, 6.45) is 2.03. The van der Waals surface area contributed by atoms with Gasteiger partial charge >= 0.3 is 0 Å². The van der Waals surface area contributed by atoms with E-state index in [0.29, 0.717) is 0 Å². The third-order valence-electron chi connectivity index (χ3n) is 4.45. The third-order valence-corrected chi connectivity index (χ3v) is 5.39. The minimum Gasteiger partial charge on any atom is -0.337 e. The van der Waals surface area contributed by atoms with Crippen LogP contribution in [0.1, 0.15) is 36.2 Å². The third kappa shape index (κ3) is 3.84. The minimum absolute atomic E-state index is 0.0220. The Morgan fingerprint density at radius 3 is 2.67 bits per heavy atom. The van der Waals surface area contributed by atoms with Crippen molar-refractivity contribution < 1.29 is 4.79 Å². The highest BCUT2D eigenvalue weighted by Crippen LogP contribution is 2.39. The van der Waals surface area contributed by atoms with Gasteiger partial charge in [-0.3, -0.25) is 10.1 Å². The molecule has 5 heteroatoms. The van der Waals surface area contributed by atoms with Gasteiger partial charge in [0.1, 0.15) is 5.54 Å². The standard InChI is InChI=1S/C19H21N3OS/c1-19(13-20,15-9-10-15)22-17(23)12-21-18(16-8-5-11-24-16)14-6-3-2-4-7-14/h2-8,11,15,18,21H,9-10,12H2,1H3,(H,22,23)/t18-,19-/m0/s1. The van der Waals surface area contributed by atoms with Crippen LogP contribution in [-0.2, 0) is 4.79 Å². The lowest BCUT2D eigenvalue weighted by Gasteiger charge is -2.24. The Morgan fingerprint density at radius 2 is 2.08 bits per heavy atom. The van der Waals surface area contributed by atoms with E-state index in [0.717, 1.165) is 18.4 Å². The van der Waals surface area contributed by atoms with E-state index >= 15 is 0 Å². The van der Waals surface area contributed by atoms with Crippen LogP contribution in [0.2, 0.25) is 0 Å². The number of hydrogen-bond donors (Lipinski definition) is 2. The number of hydrogen-bond acceptors (Lipinski definition) is 4. The van der Waals surface area contributed by atoms with Gasteiger partial charge in [-0.2, -0.15) is 5.26 Å². The number of nitriles is 1. The Bertz CT molecular complexity index is 719. The number of nitrogens with zero attached hydrogens (tertiary/aromatic N) is 1. The molecule has 1 amide bonds. The summed E-state index contributed by atoms with van der Waals surface area (Å²) in [4.78, 5) is 13.5. The smallest absolute Gasteiger partial charge is 0.235 e. The Balaban J connectivity index is 1.66. The number of rotatable bonds is 7. The van der Waals surface area contributed by atoms with Gasteiger partial charge in [0.15, 0.2) is 0 Å². The van der Waals surface area contributed by atoms with Crippen LogP contribution >= 0.6 is 11.3 Å². The maximum absolute atomic E-state index is 12.3. The van der Waals surface area contributed by atoms with E-state index < -0.39 is 5.54 Å². The van der Waals surface area contributed by atoms with Crippen molar-refractivity contribution in [1.29, 1.82) is 5.26 Å². The fourth-order valence-electron chi connectivity index (χ4n) is 2.89. The first kappa shape index (κ1) is 16.7. The molecule has 1 heterocycles. The normalized spacial score (nSPS) is 17.5. The van der Waals surface area contributed by atoms with Gasteiger partial charge in [-0.05, 0) is 42.7 Å². The van der Waals surface area contributed by atoms with Gasteiger partial charge in [0.05, 0.1) is 18.7 Å². The Labute approximate surface area is 146 Å². The summed E-state index contributed by atoms with van der Waals surface area (Å²) in [5, 5.41) is 17.6. The molecule has 1 aliphatic rings. The molecule has 1 aromatic carbocycles. The lowest BCUT2D eigenvalue weighted by molar-refractivity contribution is -0.121. The van der Waals surface area contributed by atoms with Crippen molar-refractivity contribution in [3.05, 3.63) is 58.3 Å². The largest absolute Gasteiger partial charge is 0.337 e. The highest BCUT2D eigenvalue weighted by Gasteiger charge is 2.42. The molecule has 124 valence electrons. The summed E-state index contributed by atoms with van der Waals surface area (Å²) in [6, 6.07) is 16.4. The van der Waals surface area contributed by atoms with Crippen LogP contribution in [0.15, 0.2) is 47.8 Å². The summed E-state index contributed by atoms with van der Waals surface area (Å²) in [6.45, 7) is 2.00. The summed E-state index contributed by atoms with van der Waals surface area (Å²) in [7, 11) is 0. The number of carbonyl (C=O) groups is 1. The van der Waals surface area contributed by atoms with Crippen molar-refractivity contribution in [1.82, 2.24) is 10.6 Å². The van der Waals surface area contributed by atoms with Crippen LogP contribution in [-0.4, -0.2) is 18.0 Å². The second kappa shape index (κ2) is 7.16. The monoisotopic (exact) mass is 339 g/mol. The highest BCUT2D eigenvalue weighted by molar-refractivity contribution is 7.10. The van der Waals surface area contributed by atoms with Gasteiger partial charge in [0.2, 0.25) is 5.91 Å². The van der Waals surface area contributed by atoms with Gasteiger partial charge < -0.3 is 5.32 Å². The van der Waals surface area contributed by atoms with Gasteiger partial charge in [-0.25, -0.2) is 0 Å². The zero-order valence-electron chi connectivity index (χ0n) is 13.7. The van der Waals surface area contributed by atoms with Crippen molar-refractivity contribution in [2.75, 3.05) is 6.54 Å². The van der Waals surface area contributed by atoms with E-state index in [2.05, 4.69) is 34.9 Å². The molecule has 2 aromatic rings. The average molecular weight is 339 g/mol. The maximum Gasteiger partial charge on any atom is 0.235 e. The van der Waals surface area contributed by atoms with E-state index in [4.69, 9.17) is 0 Å². The molecule has 3 rings (SSSR count). The highest BCUT2D eigenvalue weighted by atomic mass is 32.1. The summed E-state index contributed by atoms with van der Waals surface area (Å²) in [5.74, 6) is 0.150. The van der Waals surface area contributed by atoms with E-state index in [1.165, 1.54) is 4.88 Å². The molecule has 0 unspecified atom stereocenters. The molecule has 0 bridgehead atoms. The van der Waals surface area contributed by atoms with Crippen molar-refractivity contribution in [2.45, 2.75) is 31.3 Å². The minimum atomic E-state index is -0.746. The van der Waals surface area contributed by atoms with Crippen LogP contribution in [0.5, 0.6) is 0 Å². The predicted molar refractivity (Wildman–Crippen MR) is 95.5 cm³/mol. The molecule has 1 aromatic heterocycles. The van der Waals surface area contributed by atoms with Gasteiger partial charge in [0.25, 0.3) is 0 Å².